The normalized spacial score (nSPS) is 15.1. The van der Waals surface area contributed by atoms with Crippen molar-refractivity contribution in [2.24, 2.45) is 0 Å². The molecule has 0 spiro atoms. The number of terminal acetylenes is 1. The number of nitrogens with one attached hydrogen (secondary N) is 1. The lowest BCUT2D eigenvalue weighted by molar-refractivity contribution is -0.122. The number of nitrogens with zero attached hydrogens (tertiary/aromatic N) is 3. The predicted molar refractivity (Wildman–Crippen MR) is 137 cm³/mol. The number of thiazole rings is 1. The molecule has 0 radical (unpaired) electrons. The van der Waals surface area contributed by atoms with E-state index in [2.05, 4.69) is 38.6 Å². The second-order valence-corrected chi connectivity index (χ2v) is 9.72. The molecular weight excluding hydrogens is 464 g/mol. The van der Waals surface area contributed by atoms with E-state index in [1.807, 2.05) is 42.5 Å². The van der Waals surface area contributed by atoms with Gasteiger partial charge < -0.3 is 10.2 Å². The van der Waals surface area contributed by atoms with Crippen LogP contribution in [-0.4, -0.2) is 52.8 Å². The van der Waals surface area contributed by atoms with Gasteiger partial charge in [-0.1, -0.05) is 36.4 Å². The summed E-state index contributed by atoms with van der Waals surface area (Å²) in [5, 5.41) is 8.45. The van der Waals surface area contributed by atoms with E-state index in [0.717, 1.165) is 21.3 Å². The first-order valence-electron chi connectivity index (χ1n) is 10.9. The molecule has 1 fully saturated rings. The molecule has 1 unspecified atom stereocenters. The number of benzene rings is 2. The first-order chi connectivity index (χ1) is 16.6. The molecule has 8 heteroatoms. The Morgan fingerprint density at radius 2 is 1.71 bits per heavy atom. The van der Waals surface area contributed by atoms with Crippen LogP contribution in [0.5, 0.6) is 0 Å². The molecule has 2 aromatic heterocycles. The standard InChI is InChI=1S/C26H22N4O2S2/c1-2-23-28-21(17-34-23)26(32)30-14-12-29(13-15-30)24(25(31)27-18-8-4-3-5-9-18)20-16-33-22-11-7-6-10-19(20)22/h1,3-11,16-17,24H,12-15H2,(H,27,31). The van der Waals surface area contributed by atoms with Gasteiger partial charge in [-0.3, -0.25) is 14.5 Å². The highest BCUT2D eigenvalue weighted by atomic mass is 32.1. The Labute approximate surface area is 205 Å². The van der Waals surface area contributed by atoms with Crippen LogP contribution in [0.1, 0.15) is 27.1 Å². The minimum atomic E-state index is -0.457. The highest BCUT2D eigenvalue weighted by molar-refractivity contribution is 7.17. The summed E-state index contributed by atoms with van der Waals surface area (Å²) < 4.78 is 1.15. The number of carbonyl (C=O) groups excluding carboxylic acids is 2. The van der Waals surface area contributed by atoms with Crippen LogP contribution in [-0.2, 0) is 4.79 Å². The fraction of sp³-hybridized carbons (Fsp3) is 0.192. The first-order valence-corrected chi connectivity index (χ1v) is 12.7. The van der Waals surface area contributed by atoms with E-state index in [-0.39, 0.29) is 11.8 Å². The zero-order chi connectivity index (χ0) is 23.5. The number of thiophene rings is 1. The molecule has 2 aromatic carbocycles. The Morgan fingerprint density at radius 1 is 0.971 bits per heavy atom. The number of carbonyl (C=O) groups is 2. The van der Waals surface area contributed by atoms with Crippen molar-refractivity contribution in [1.29, 1.82) is 0 Å². The average Bonchev–Trinajstić information content (AvgIpc) is 3.53. The Bertz CT molecular complexity index is 1360. The molecule has 4 aromatic rings. The van der Waals surface area contributed by atoms with Gasteiger partial charge in [0.05, 0.1) is 0 Å². The molecular formula is C26H22N4O2S2. The second kappa shape index (κ2) is 9.77. The Balaban J connectivity index is 1.38. The summed E-state index contributed by atoms with van der Waals surface area (Å²) >= 11 is 2.94. The highest BCUT2D eigenvalue weighted by Crippen LogP contribution is 2.34. The zero-order valence-corrected chi connectivity index (χ0v) is 19.9. The number of hydrogen-bond acceptors (Lipinski definition) is 6. The highest BCUT2D eigenvalue weighted by Gasteiger charge is 2.34. The smallest absolute Gasteiger partial charge is 0.273 e. The van der Waals surface area contributed by atoms with Crippen LogP contribution in [0.2, 0.25) is 0 Å². The first kappa shape index (κ1) is 22.3. The van der Waals surface area contributed by atoms with E-state index in [1.165, 1.54) is 11.3 Å². The van der Waals surface area contributed by atoms with E-state index in [9.17, 15) is 9.59 Å². The predicted octanol–water partition coefficient (Wildman–Crippen LogP) is 4.48. The fourth-order valence-electron chi connectivity index (χ4n) is 4.23. The van der Waals surface area contributed by atoms with Crippen molar-refractivity contribution in [2.45, 2.75) is 6.04 Å². The lowest BCUT2D eigenvalue weighted by atomic mass is 10.0. The lowest BCUT2D eigenvalue weighted by Crippen LogP contribution is -2.51. The van der Waals surface area contributed by atoms with Gasteiger partial charge in [-0.15, -0.1) is 29.1 Å². The summed E-state index contributed by atoms with van der Waals surface area (Å²) in [6.45, 7) is 2.18. The maximum atomic E-state index is 13.6. The summed E-state index contributed by atoms with van der Waals surface area (Å²) in [7, 11) is 0. The molecule has 1 atom stereocenters. The molecule has 34 heavy (non-hydrogen) atoms. The molecule has 6 nitrogen and oxygen atoms in total. The van der Waals surface area contributed by atoms with E-state index in [4.69, 9.17) is 6.42 Å². The number of rotatable bonds is 5. The summed E-state index contributed by atoms with van der Waals surface area (Å²) in [6.07, 6.45) is 5.39. The van der Waals surface area contributed by atoms with Gasteiger partial charge in [0.25, 0.3) is 5.91 Å². The van der Waals surface area contributed by atoms with E-state index >= 15 is 0 Å². The third-order valence-electron chi connectivity index (χ3n) is 5.91. The maximum Gasteiger partial charge on any atom is 0.273 e. The van der Waals surface area contributed by atoms with E-state index in [1.54, 1.807) is 21.6 Å². The zero-order valence-electron chi connectivity index (χ0n) is 18.3. The Morgan fingerprint density at radius 3 is 2.44 bits per heavy atom. The molecule has 1 aliphatic heterocycles. The van der Waals surface area contributed by atoms with Crippen molar-refractivity contribution < 1.29 is 9.59 Å². The van der Waals surface area contributed by atoms with Crippen molar-refractivity contribution in [2.75, 3.05) is 31.5 Å². The van der Waals surface area contributed by atoms with Crippen LogP contribution in [0.25, 0.3) is 10.1 Å². The van der Waals surface area contributed by atoms with E-state index < -0.39 is 6.04 Å². The van der Waals surface area contributed by atoms with Crippen LogP contribution in [0.3, 0.4) is 0 Å². The van der Waals surface area contributed by atoms with Crippen LogP contribution in [0, 0.1) is 12.3 Å². The molecule has 0 bridgehead atoms. The maximum absolute atomic E-state index is 13.6. The minimum Gasteiger partial charge on any atom is -0.335 e. The molecule has 0 saturated carbocycles. The van der Waals surface area contributed by atoms with Gasteiger partial charge in [0.15, 0.2) is 5.01 Å². The van der Waals surface area contributed by atoms with Gasteiger partial charge in [0.2, 0.25) is 5.91 Å². The molecule has 2 amide bonds. The van der Waals surface area contributed by atoms with Gasteiger partial charge in [0, 0.05) is 41.9 Å². The van der Waals surface area contributed by atoms with Crippen molar-refractivity contribution in [3.8, 4) is 12.3 Å². The monoisotopic (exact) mass is 486 g/mol. The van der Waals surface area contributed by atoms with Gasteiger partial charge in [0.1, 0.15) is 11.7 Å². The SMILES string of the molecule is C#Cc1nc(C(=O)N2CCN(C(C(=O)Nc3ccccc3)c3csc4ccccc34)CC2)cs1. The molecule has 5 rings (SSSR count). The molecule has 170 valence electrons. The fourth-order valence-corrected chi connectivity index (χ4v) is 5.81. The quantitative estimate of drug-likeness (QED) is 0.423. The Kier molecular flexibility index (Phi) is 6.41. The summed E-state index contributed by atoms with van der Waals surface area (Å²) in [5.41, 5.74) is 2.14. The van der Waals surface area contributed by atoms with Gasteiger partial charge in [-0.05, 0) is 40.4 Å². The largest absolute Gasteiger partial charge is 0.335 e. The van der Waals surface area contributed by atoms with Crippen LogP contribution >= 0.6 is 22.7 Å². The van der Waals surface area contributed by atoms with Gasteiger partial charge in [-0.2, -0.15) is 0 Å². The molecule has 1 aliphatic rings. The number of amides is 2. The number of fused-ring (bicyclic) bond motifs is 1. The summed E-state index contributed by atoms with van der Waals surface area (Å²) in [5.74, 6) is 2.28. The van der Waals surface area contributed by atoms with Gasteiger partial charge in [-0.25, -0.2) is 4.98 Å². The third-order valence-corrected chi connectivity index (χ3v) is 7.66. The number of aromatic nitrogens is 1. The number of para-hydroxylation sites is 1. The van der Waals surface area contributed by atoms with Gasteiger partial charge >= 0.3 is 0 Å². The topological polar surface area (TPSA) is 65.5 Å². The van der Waals surface area contributed by atoms with Crippen molar-refractivity contribution >= 4 is 50.3 Å². The number of hydrogen-bond donors (Lipinski definition) is 1. The molecule has 3 heterocycles. The van der Waals surface area contributed by atoms with Crippen molar-refractivity contribution in [1.82, 2.24) is 14.8 Å². The minimum absolute atomic E-state index is 0.0762. The summed E-state index contributed by atoms with van der Waals surface area (Å²) in [6, 6.07) is 17.2. The molecule has 1 saturated heterocycles. The third kappa shape index (κ3) is 4.46. The Hall–Kier alpha value is -3.51. The van der Waals surface area contributed by atoms with Crippen LogP contribution in [0.15, 0.2) is 65.4 Å². The van der Waals surface area contributed by atoms with Crippen LogP contribution in [0.4, 0.5) is 5.69 Å². The molecule has 0 aliphatic carbocycles. The van der Waals surface area contributed by atoms with Crippen molar-refractivity contribution in [3.63, 3.8) is 0 Å². The van der Waals surface area contributed by atoms with Crippen molar-refractivity contribution in [3.05, 3.63) is 81.6 Å². The number of piperazine rings is 1. The molecule has 1 N–H and O–H groups in total. The lowest BCUT2D eigenvalue weighted by Gasteiger charge is -2.38. The second-order valence-electron chi connectivity index (χ2n) is 7.96. The summed E-state index contributed by atoms with van der Waals surface area (Å²) in [4.78, 5) is 34.6. The average molecular weight is 487 g/mol. The van der Waals surface area contributed by atoms with E-state index in [0.29, 0.717) is 36.9 Å². The van der Waals surface area contributed by atoms with Crippen LogP contribution < -0.4 is 5.32 Å². The number of anilines is 1.